The molecule has 0 spiro atoms. The summed E-state index contributed by atoms with van der Waals surface area (Å²) in [6.07, 6.45) is 0. The number of nitrogens with one attached hydrogen (secondary N) is 2. The third-order valence-corrected chi connectivity index (χ3v) is 2.25. The summed E-state index contributed by atoms with van der Waals surface area (Å²) in [7, 11) is 0. The molecule has 88 valence electrons. The van der Waals surface area contributed by atoms with Crippen LogP contribution in [0.3, 0.4) is 0 Å². The van der Waals surface area contributed by atoms with Crippen LogP contribution in [0.1, 0.15) is 11.7 Å². The summed E-state index contributed by atoms with van der Waals surface area (Å²) in [5.41, 5.74) is 0.937. The quantitative estimate of drug-likeness (QED) is 0.808. The predicted molar refractivity (Wildman–Crippen MR) is 68.5 cm³/mol. The van der Waals surface area contributed by atoms with Gasteiger partial charge < -0.3 is 15.2 Å². The number of aryl methyl sites for hydroxylation is 1. The van der Waals surface area contributed by atoms with Gasteiger partial charge in [0.25, 0.3) is 0 Å². The molecule has 0 bridgehead atoms. The maximum atomic E-state index is 5.13. The van der Waals surface area contributed by atoms with E-state index in [1.165, 1.54) is 0 Å². The molecule has 0 unspecified atom stereocenters. The summed E-state index contributed by atoms with van der Waals surface area (Å²) in [6.45, 7) is 2.19. The number of rotatable bonds is 3. The van der Waals surface area contributed by atoms with E-state index in [0.29, 0.717) is 23.4 Å². The van der Waals surface area contributed by atoms with Gasteiger partial charge in [0, 0.05) is 5.69 Å². The molecular formula is C11H12N4OS. The van der Waals surface area contributed by atoms with Gasteiger partial charge in [0.1, 0.15) is 0 Å². The van der Waals surface area contributed by atoms with Crippen molar-refractivity contribution in [1.29, 1.82) is 0 Å². The Bertz CT molecular complexity index is 497. The molecule has 1 aromatic heterocycles. The van der Waals surface area contributed by atoms with Gasteiger partial charge in [-0.05, 0) is 31.3 Å². The second-order valence-corrected chi connectivity index (χ2v) is 3.82. The highest BCUT2D eigenvalue weighted by Gasteiger charge is 2.03. The van der Waals surface area contributed by atoms with E-state index < -0.39 is 0 Å². The molecule has 2 N–H and O–H groups in total. The van der Waals surface area contributed by atoms with Crippen molar-refractivity contribution in [1.82, 2.24) is 15.5 Å². The fourth-order valence-electron chi connectivity index (χ4n) is 1.26. The molecule has 0 fully saturated rings. The lowest BCUT2D eigenvalue weighted by Crippen LogP contribution is -2.27. The van der Waals surface area contributed by atoms with Crippen LogP contribution in [0.5, 0.6) is 0 Å². The van der Waals surface area contributed by atoms with Gasteiger partial charge >= 0.3 is 0 Å². The Balaban J connectivity index is 1.82. The molecule has 0 amide bonds. The third kappa shape index (κ3) is 3.53. The van der Waals surface area contributed by atoms with Gasteiger partial charge in [-0.3, -0.25) is 0 Å². The van der Waals surface area contributed by atoms with Crippen molar-refractivity contribution in [2.45, 2.75) is 13.5 Å². The zero-order chi connectivity index (χ0) is 12.1. The Kier molecular flexibility index (Phi) is 3.66. The summed E-state index contributed by atoms with van der Waals surface area (Å²) < 4.78 is 4.95. The lowest BCUT2D eigenvalue weighted by atomic mass is 10.3. The molecule has 6 heteroatoms. The largest absolute Gasteiger partial charge is 0.353 e. The number of hydrogen-bond donors (Lipinski definition) is 2. The summed E-state index contributed by atoms with van der Waals surface area (Å²) in [6, 6.07) is 9.69. The van der Waals surface area contributed by atoms with E-state index in [0.717, 1.165) is 5.69 Å². The first kappa shape index (κ1) is 11.5. The number of hydrogen-bond acceptors (Lipinski definition) is 4. The minimum Gasteiger partial charge on any atom is -0.353 e. The molecule has 5 nitrogen and oxygen atoms in total. The van der Waals surface area contributed by atoms with Crippen LogP contribution in [-0.2, 0) is 6.54 Å². The van der Waals surface area contributed by atoms with Crippen LogP contribution in [0.15, 0.2) is 34.9 Å². The molecule has 1 heterocycles. The summed E-state index contributed by atoms with van der Waals surface area (Å²) in [4.78, 5) is 4.06. The van der Waals surface area contributed by atoms with Crippen molar-refractivity contribution >= 4 is 23.0 Å². The Morgan fingerprint density at radius 1 is 1.35 bits per heavy atom. The average molecular weight is 248 g/mol. The van der Waals surface area contributed by atoms with E-state index in [1.807, 2.05) is 30.3 Å². The molecule has 0 saturated carbocycles. The average Bonchev–Trinajstić information content (AvgIpc) is 2.74. The van der Waals surface area contributed by atoms with Gasteiger partial charge in [-0.15, -0.1) is 0 Å². The summed E-state index contributed by atoms with van der Waals surface area (Å²) >= 11 is 5.13. The monoisotopic (exact) mass is 248 g/mol. The van der Waals surface area contributed by atoms with Crippen molar-refractivity contribution < 1.29 is 4.52 Å². The maximum absolute atomic E-state index is 5.13. The summed E-state index contributed by atoms with van der Waals surface area (Å²) in [5.74, 6) is 1.13. The van der Waals surface area contributed by atoms with E-state index in [-0.39, 0.29) is 0 Å². The van der Waals surface area contributed by atoms with Crippen molar-refractivity contribution in [3.05, 3.63) is 42.0 Å². The van der Waals surface area contributed by atoms with Gasteiger partial charge in [0.2, 0.25) is 5.89 Å². The maximum Gasteiger partial charge on any atom is 0.246 e. The van der Waals surface area contributed by atoms with Crippen LogP contribution in [0.2, 0.25) is 0 Å². The molecule has 0 saturated heterocycles. The lowest BCUT2D eigenvalue weighted by Gasteiger charge is -2.08. The van der Waals surface area contributed by atoms with Crippen LogP contribution >= 0.6 is 12.2 Å². The normalized spacial score (nSPS) is 9.94. The third-order valence-electron chi connectivity index (χ3n) is 2.00. The number of thiocarbonyl (C=S) groups is 1. The van der Waals surface area contributed by atoms with Crippen LogP contribution in [-0.4, -0.2) is 15.3 Å². The highest BCUT2D eigenvalue weighted by Crippen LogP contribution is 2.04. The predicted octanol–water partition coefficient (Wildman–Crippen LogP) is 1.86. The van der Waals surface area contributed by atoms with Crippen LogP contribution in [0, 0.1) is 6.92 Å². The standard InChI is InChI=1S/C11H12N4OS/c1-8-13-10(16-15-8)7-12-11(17)14-9-5-3-2-4-6-9/h2-6H,7H2,1H3,(H2,12,14,17). The van der Waals surface area contributed by atoms with Gasteiger partial charge in [0.15, 0.2) is 10.9 Å². The van der Waals surface area contributed by atoms with Crippen LogP contribution < -0.4 is 10.6 Å². The first-order valence-electron chi connectivity index (χ1n) is 5.13. The number of aromatic nitrogens is 2. The van der Waals surface area contributed by atoms with Gasteiger partial charge in [-0.1, -0.05) is 23.4 Å². The molecule has 2 aromatic rings. The van der Waals surface area contributed by atoms with E-state index in [9.17, 15) is 0 Å². The smallest absolute Gasteiger partial charge is 0.246 e. The van der Waals surface area contributed by atoms with Crippen molar-refractivity contribution in [2.75, 3.05) is 5.32 Å². The number of benzene rings is 1. The van der Waals surface area contributed by atoms with Crippen molar-refractivity contribution in [3.63, 3.8) is 0 Å². The molecule has 17 heavy (non-hydrogen) atoms. The molecule has 1 aromatic carbocycles. The van der Waals surface area contributed by atoms with E-state index in [2.05, 4.69) is 20.8 Å². The second kappa shape index (κ2) is 5.40. The lowest BCUT2D eigenvalue weighted by molar-refractivity contribution is 0.372. The molecule has 0 aliphatic carbocycles. The Morgan fingerprint density at radius 2 is 2.12 bits per heavy atom. The first-order chi connectivity index (χ1) is 8.24. The molecule has 0 aliphatic rings. The zero-order valence-corrected chi connectivity index (χ0v) is 10.1. The van der Waals surface area contributed by atoms with Crippen molar-refractivity contribution in [2.24, 2.45) is 0 Å². The highest BCUT2D eigenvalue weighted by atomic mass is 32.1. The number of para-hydroxylation sites is 1. The summed E-state index contributed by atoms with van der Waals surface area (Å²) in [5, 5.41) is 10.2. The van der Waals surface area contributed by atoms with E-state index >= 15 is 0 Å². The first-order valence-corrected chi connectivity index (χ1v) is 5.54. The number of nitrogens with zero attached hydrogens (tertiary/aromatic N) is 2. The minimum atomic E-state index is 0.416. The van der Waals surface area contributed by atoms with Gasteiger partial charge in [-0.2, -0.15) is 4.98 Å². The molecule has 0 radical (unpaired) electrons. The topological polar surface area (TPSA) is 63.0 Å². The Hall–Kier alpha value is -1.95. The number of anilines is 1. The molecule has 2 rings (SSSR count). The van der Waals surface area contributed by atoms with Gasteiger partial charge in [0.05, 0.1) is 6.54 Å². The fourth-order valence-corrected chi connectivity index (χ4v) is 1.45. The Morgan fingerprint density at radius 3 is 2.76 bits per heavy atom. The molecule has 0 aliphatic heterocycles. The minimum absolute atomic E-state index is 0.416. The zero-order valence-electron chi connectivity index (χ0n) is 9.30. The SMILES string of the molecule is Cc1noc(CNC(=S)Nc2ccccc2)n1. The van der Waals surface area contributed by atoms with E-state index in [1.54, 1.807) is 6.92 Å². The Labute approximate surface area is 104 Å². The van der Waals surface area contributed by atoms with Crippen molar-refractivity contribution in [3.8, 4) is 0 Å². The van der Waals surface area contributed by atoms with Gasteiger partial charge in [-0.25, -0.2) is 0 Å². The van der Waals surface area contributed by atoms with Crippen LogP contribution in [0.4, 0.5) is 5.69 Å². The fraction of sp³-hybridized carbons (Fsp3) is 0.182. The van der Waals surface area contributed by atoms with E-state index in [4.69, 9.17) is 16.7 Å². The second-order valence-electron chi connectivity index (χ2n) is 3.41. The molecule has 0 atom stereocenters. The highest BCUT2D eigenvalue weighted by molar-refractivity contribution is 7.80. The van der Waals surface area contributed by atoms with Crippen LogP contribution in [0.25, 0.3) is 0 Å². The molecular weight excluding hydrogens is 236 g/mol.